The van der Waals surface area contributed by atoms with Gasteiger partial charge in [0.25, 0.3) is 0 Å². The average molecular weight is 235 g/mol. The number of ether oxygens (including phenoxy) is 1. The number of hydrogen-bond donors (Lipinski definition) is 1. The van der Waals surface area contributed by atoms with Gasteiger partial charge < -0.3 is 9.84 Å². The van der Waals surface area contributed by atoms with E-state index in [4.69, 9.17) is 4.74 Å². The van der Waals surface area contributed by atoms with Crippen molar-refractivity contribution >= 4 is 0 Å². The van der Waals surface area contributed by atoms with Crippen LogP contribution in [-0.2, 0) is 11.2 Å². The minimum Gasteiger partial charge on any atom is -0.389 e. The van der Waals surface area contributed by atoms with E-state index in [-0.39, 0.29) is 6.10 Å². The lowest BCUT2D eigenvalue weighted by atomic mass is 9.84. The van der Waals surface area contributed by atoms with Gasteiger partial charge in [0.15, 0.2) is 0 Å². The quantitative estimate of drug-likeness (QED) is 0.871. The third-order valence-electron chi connectivity index (χ3n) is 3.40. The highest BCUT2D eigenvalue weighted by atomic mass is 16.5. The lowest BCUT2D eigenvalue weighted by Crippen LogP contribution is -2.42. The minimum absolute atomic E-state index is 0.218. The van der Waals surface area contributed by atoms with Gasteiger partial charge in [-0.1, -0.05) is 19.4 Å². The highest BCUT2D eigenvalue weighted by Gasteiger charge is 2.34. The predicted octanol–water partition coefficient (Wildman–Crippen LogP) is 2.33. The van der Waals surface area contributed by atoms with Crippen LogP contribution in [-0.4, -0.2) is 28.4 Å². The smallest absolute Gasteiger partial charge is 0.0735 e. The van der Waals surface area contributed by atoms with Gasteiger partial charge in [0, 0.05) is 31.8 Å². The zero-order valence-electron chi connectivity index (χ0n) is 10.4. The predicted molar refractivity (Wildman–Crippen MR) is 66.8 cm³/mol. The molecule has 1 aliphatic heterocycles. The summed E-state index contributed by atoms with van der Waals surface area (Å²) in [5, 5.41) is 10.6. The number of pyridine rings is 1. The second-order valence-corrected chi connectivity index (χ2v) is 5.00. The number of rotatable bonds is 4. The number of hydrogen-bond acceptors (Lipinski definition) is 3. The molecule has 1 saturated heterocycles. The van der Waals surface area contributed by atoms with E-state index < -0.39 is 5.60 Å². The maximum atomic E-state index is 10.6. The van der Waals surface area contributed by atoms with Crippen molar-refractivity contribution in [1.82, 2.24) is 4.98 Å². The van der Waals surface area contributed by atoms with E-state index in [1.807, 2.05) is 18.3 Å². The molecule has 0 bridgehead atoms. The fraction of sp³-hybridized carbons (Fsp3) is 0.643. The van der Waals surface area contributed by atoms with Crippen LogP contribution in [0.3, 0.4) is 0 Å². The molecule has 3 heteroatoms. The molecule has 0 radical (unpaired) electrons. The van der Waals surface area contributed by atoms with Gasteiger partial charge in [-0.3, -0.25) is 4.98 Å². The van der Waals surface area contributed by atoms with Crippen molar-refractivity contribution in [3.8, 4) is 0 Å². The molecule has 2 heterocycles. The zero-order chi connectivity index (χ0) is 12.1. The molecule has 0 aromatic carbocycles. The SMILES string of the molecule is CCCC1CC(O)(Cc2cccnc2)CCO1. The number of nitrogens with zero attached hydrogens (tertiary/aromatic N) is 1. The third-order valence-corrected chi connectivity index (χ3v) is 3.40. The van der Waals surface area contributed by atoms with Crippen molar-refractivity contribution in [2.45, 2.75) is 50.7 Å². The van der Waals surface area contributed by atoms with Crippen LogP contribution >= 0.6 is 0 Å². The largest absolute Gasteiger partial charge is 0.389 e. The van der Waals surface area contributed by atoms with Crippen molar-refractivity contribution in [3.63, 3.8) is 0 Å². The normalized spacial score (nSPS) is 29.2. The van der Waals surface area contributed by atoms with Gasteiger partial charge in [0.1, 0.15) is 0 Å². The van der Waals surface area contributed by atoms with E-state index in [1.54, 1.807) is 6.20 Å². The molecule has 1 aromatic rings. The average Bonchev–Trinajstić information content (AvgIpc) is 2.30. The topological polar surface area (TPSA) is 42.4 Å². The maximum absolute atomic E-state index is 10.6. The summed E-state index contributed by atoms with van der Waals surface area (Å²) in [5.41, 5.74) is 0.494. The van der Waals surface area contributed by atoms with Gasteiger partial charge in [-0.25, -0.2) is 0 Å². The van der Waals surface area contributed by atoms with Crippen molar-refractivity contribution < 1.29 is 9.84 Å². The molecule has 0 spiro atoms. The second kappa shape index (κ2) is 5.61. The summed E-state index contributed by atoms with van der Waals surface area (Å²) in [7, 11) is 0. The highest BCUT2D eigenvalue weighted by molar-refractivity contribution is 5.12. The fourth-order valence-electron chi connectivity index (χ4n) is 2.55. The number of aromatic nitrogens is 1. The van der Waals surface area contributed by atoms with E-state index in [2.05, 4.69) is 11.9 Å². The Labute approximate surface area is 103 Å². The molecule has 1 aliphatic rings. The van der Waals surface area contributed by atoms with Crippen LogP contribution in [0.1, 0.15) is 38.2 Å². The Kier molecular flexibility index (Phi) is 4.13. The van der Waals surface area contributed by atoms with Crippen LogP contribution in [0, 0.1) is 0 Å². The van der Waals surface area contributed by atoms with Crippen LogP contribution < -0.4 is 0 Å². The third kappa shape index (κ3) is 3.51. The van der Waals surface area contributed by atoms with Gasteiger partial charge in [-0.05, 0) is 24.5 Å². The van der Waals surface area contributed by atoms with E-state index in [0.717, 1.165) is 31.2 Å². The van der Waals surface area contributed by atoms with Crippen molar-refractivity contribution in [2.75, 3.05) is 6.61 Å². The Morgan fingerprint density at radius 3 is 3.18 bits per heavy atom. The molecule has 1 aromatic heterocycles. The Hall–Kier alpha value is -0.930. The van der Waals surface area contributed by atoms with E-state index in [0.29, 0.717) is 13.0 Å². The van der Waals surface area contributed by atoms with Gasteiger partial charge in [-0.2, -0.15) is 0 Å². The summed E-state index contributed by atoms with van der Waals surface area (Å²) in [6.07, 6.45) is 8.11. The van der Waals surface area contributed by atoms with Gasteiger partial charge in [0.05, 0.1) is 11.7 Å². The molecule has 2 rings (SSSR count). The van der Waals surface area contributed by atoms with Gasteiger partial charge in [-0.15, -0.1) is 0 Å². The molecule has 1 N–H and O–H groups in total. The Morgan fingerprint density at radius 1 is 1.59 bits per heavy atom. The standard InChI is InChI=1S/C14H21NO2/c1-2-4-13-10-14(16,6-8-17-13)9-12-5-3-7-15-11-12/h3,5,7,11,13,16H,2,4,6,8-10H2,1H3. The summed E-state index contributed by atoms with van der Waals surface area (Å²) in [6.45, 7) is 2.82. The molecule has 1 fully saturated rings. The number of aliphatic hydroxyl groups is 1. The molecule has 17 heavy (non-hydrogen) atoms. The molecular formula is C14H21NO2. The summed E-state index contributed by atoms with van der Waals surface area (Å²) in [6, 6.07) is 3.94. The summed E-state index contributed by atoms with van der Waals surface area (Å²) >= 11 is 0. The lowest BCUT2D eigenvalue weighted by molar-refractivity contribution is -0.105. The van der Waals surface area contributed by atoms with Crippen LogP contribution in [0.5, 0.6) is 0 Å². The molecule has 0 amide bonds. The lowest BCUT2D eigenvalue weighted by Gasteiger charge is -2.37. The Balaban J connectivity index is 1.98. The highest BCUT2D eigenvalue weighted by Crippen LogP contribution is 2.30. The second-order valence-electron chi connectivity index (χ2n) is 5.00. The molecule has 0 aliphatic carbocycles. The summed E-state index contributed by atoms with van der Waals surface area (Å²) in [5.74, 6) is 0. The van der Waals surface area contributed by atoms with Crippen molar-refractivity contribution in [1.29, 1.82) is 0 Å². The van der Waals surface area contributed by atoms with E-state index in [9.17, 15) is 5.11 Å². The monoisotopic (exact) mass is 235 g/mol. The van der Waals surface area contributed by atoms with Gasteiger partial charge >= 0.3 is 0 Å². The van der Waals surface area contributed by atoms with Crippen LogP contribution in [0.2, 0.25) is 0 Å². The van der Waals surface area contributed by atoms with Crippen LogP contribution in [0.4, 0.5) is 0 Å². The van der Waals surface area contributed by atoms with Crippen molar-refractivity contribution in [2.24, 2.45) is 0 Å². The summed E-state index contributed by atoms with van der Waals surface area (Å²) in [4.78, 5) is 4.09. The molecule has 2 unspecified atom stereocenters. The first-order chi connectivity index (χ1) is 8.22. The first-order valence-corrected chi connectivity index (χ1v) is 6.45. The first kappa shape index (κ1) is 12.5. The fourth-order valence-corrected chi connectivity index (χ4v) is 2.55. The Morgan fingerprint density at radius 2 is 2.47 bits per heavy atom. The Bertz CT molecular complexity index is 339. The van der Waals surface area contributed by atoms with E-state index >= 15 is 0 Å². The maximum Gasteiger partial charge on any atom is 0.0735 e. The molecular weight excluding hydrogens is 214 g/mol. The molecule has 3 nitrogen and oxygen atoms in total. The minimum atomic E-state index is -0.610. The van der Waals surface area contributed by atoms with Crippen LogP contribution in [0.25, 0.3) is 0 Å². The molecule has 0 saturated carbocycles. The molecule has 94 valence electrons. The van der Waals surface area contributed by atoms with E-state index in [1.165, 1.54) is 0 Å². The van der Waals surface area contributed by atoms with Crippen LogP contribution in [0.15, 0.2) is 24.5 Å². The zero-order valence-corrected chi connectivity index (χ0v) is 10.4. The van der Waals surface area contributed by atoms with Crippen molar-refractivity contribution in [3.05, 3.63) is 30.1 Å². The van der Waals surface area contributed by atoms with Gasteiger partial charge in [0.2, 0.25) is 0 Å². The summed E-state index contributed by atoms with van der Waals surface area (Å²) < 4.78 is 5.68. The molecule has 2 atom stereocenters. The first-order valence-electron chi connectivity index (χ1n) is 6.45.